The number of unbranched alkanes of at least 4 members (excludes halogenated alkanes) is 2. The Hall–Kier alpha value is -0.700. The summed E-state index contributed by atoms with van der Waals surface area (Å²) in [6.45, 7) is 2.93. The molecule has 1 atom stereocenters. The van der Waals surface area contributed by atoms with Crippen molar-refractivity contribution < 1.29 is 9.47 Å². The van der Waals surface area contributed by atoms with Crippen molar-refractivity contribution in [2.45, 2.75) is 38.7 Å². The van der Waals surface area contributed by atoms with Crippen LogP contribution in [0.3, 0.4) is 0 Å². The predicted octanol–water partition coefficient (Wildman–Crippen LogP) is 3.47. The Kier molecular flexibility index (Phi) is 3.30. The first-order valence-electron chi connectivity index (χ1n) is 5.25. The van der Waals surface area contributed by atoms with Gasteiger partial charge in [-0.1, -0.05) is 19.8 Å². The minimum Gasteiger partial charge on any atom is -0.485 e. The highest BCUT2D eigenvalue weighted by Crippen LogP contribution is 2.35. The van der Waals surface area contributed by atoms with E-state index in [-0.39, 0.29) is 6.10 Å². The Morgan fingerprint density at radius 3 is 3.07 bits per heavy atom. The van der Waals surface area contributed by atoms with Crippen molar-refractivity contribution in [2.75, 3.05) is 6.61 Å². The van der Waals surface area contributed by atoms with Gasteiger partial charge in [-0.05, 0) is 12.8 Å². The van der Waals surface area contributed by atoms with Gasteiger partial charge in [0.25, 0.3) is 0 Å². The molecule has 0 N–H and O–H groups in total. The molecule has 0 aliphatic carbocycles. The van der Waals surface area contributed by atoms with E-state index in [1.807, 2.05) is 10.8 Å². The van der Waals surface area contributed by atoms with E-state index in [4.69, 9.17) is 9.47 Å². The lowest BCUT2D eigenvalue weighted by Crippen LogP contribution is -2.28. The Balaban J connectivity index is 1.82. The maximum absolute atomic E-state index is 5.80. The Labute approximate surface area is 88.8 Å². The summed E-state index contributed by atoms with van der Waals surface area (Å²) in [4.78, 5) is 0. The molecule has 0 aromatic carbocycles. The number of rotatable bonds is 4. The fourth-order valence-corrected chi connectivity index (χ4v) is 2.30. The molecule has 3 heteroatoms. The topological polar surface area (TPSA) is 18.5 Å². The fraction of sp³-hybridized carbons (Fsp3) is 0.636. The van der Waals surface area contributed by atoms with Crippen LogP contribution in [0.5, 0.6) is 11.5 Å². The number of hydrogen-bond acceptors (Lipinski definition) is 3. The van der Waals surface area contributed by atoms with Crippen molar-refractivity contribution in [3.8, 4) is 11.5 Å². The van der Waals surface area contributed by atoms with Crippen molar-refractivity contribution in [3.63, 3.8) is 0 Å². The van der Waals surface area contributed by atoms with E-state index in [9.17, 15) is 0 Å². The second-order valence-corrected chi connectivity index (χ2v) is 4.39. The van der Waals surface area contributed by atoms with Crippen LogP contribution in [0.4, 0.5) is 0 Å². The van der Waals surface area contributed by atoms with Crippen molar-refractivity contribution in [1.82, 2.24) is 0 Å². The highest BCUT2D eigenvalue weighted by molar-refractivity contribution is 7.08. The maximum atomic E-state index is 5.80. The highest BCUT2D eigenvalue weighted by atomic mass is 32.1. The van der Waals surface area contributed by atoms with Gasteiger partial charge in [0, 0.05) is 10.8 Å². The van der Waals surface area contributed by atoms with E-state index in [1.54, 1.807) is 11.3 Å². The SMILES string of the molecule is CCCCCC1COc2cscc2O1. The summed E-state index contributed by atoms with van der Waals surface area (Å²) in [5.41, 5.74) is 0. The molecule has 1 aromatic heterocycles. The first-order chi connectivity index (χ1) is 6.90. The molecular weight excluding hydrogens is 196 g/mol. The van der Waals surface area contributed by atoms with Crippen LogP contribution in [-0.2, 0) is 0 Å². The van der Waals surface area contributed by atoms with Gasteiger partial charge in [-0.3, -0.25) is 0 Å². The van der Waals surface area contributed by atoms with Gasteiger partial charge in [0.05, 0.1) is 0 Å². The summed E-state index contributed by atoms with van der Waals surface area (Å²) in [7, 11) is 0. The van der Waals surface area contributed by atoms with E-state index in [0.29, 0.717) is 6.61 Å². The average Bonchev–Trinajstić information content (AvgIpc) is 2.65. The molecule has 0 saturated heterocycles. The minimum atomic E-state index is 0.267. The second kappa shape index (κ2) is 4.69. The van der Waals surface area contributed by atoms with Gasteiger partial charge in [0.2, 0.25) is 0 Å². The largest absolute Gasteiger partial charge is 0.485 e. The summed E-state index contributed by atoms with van der Waals surface area (Å²) >= 11 is 1.64. The van der Waals surface area contributed by atoms with Gasteiger partial charge >= 0.3 is 0 Å². The van der Waals surface area contributed by atoms with Crippen molar-refractivity contribution in [3.05, 3.63) is 10.8 Å². The smallest absolute Gasteiger partial charge is 0.172 e. The second-order valence-electron chi connectivity index (χ2n) is 3.65. The van der Waals surface area contributed by atoms with Crippen LogP contribution in [0.1, 0.15) is 32.6 Å². The number of ether oxygens (including phenoxy) is 2. The molecule has 1 aliphatic rings. The van der Waals surface area contributed by atoms with E-state index in [2.05, 4.69) is 6.92 Å². The molecule has 0 spiro atoms. The Morgan fingerprint density at radius 2 is 2.21 bits per heavy atom. The number of fused-ring (bicyclic) bond motifs is 1. The number of hydrogen-bond donors (Lipinski definition) is 0. The summed E-state index contributed by atoms with van der Waals surface area (Å²) in [6, 6.07) is 0. The van der Waals surface area contributed by atoms with E-state index >= 15 is 0 Å². The van der Waals surface area contributed by atoms with Gasteiger partial charge in [0.15, 0.2) is 11.5 Å². The van der Waals surface area contributed by atoms with Crippen LogP contribution in [0.15, 0.2) is 10.8 Å². The van der Waals surface area contributed by atoms with Gasteiger partial charge in [-0.15, -0.1) is 11.3 Å². The summed E-state index contributed by atoms with van der Waals surface area (Å²) in [5, 5.41) is 4.01. The van der Waals surface area contributed by atoms with Crippen molar-refractivity contribution >= 4 is 11.3 Å². The van der Waals surface area contributed by atoms with E-state index in [1.165, 1.54) is 19.3 Å². The summed E-state index contributed by atoms with van der Waals surface area (Å²) in [5.74, 6) is 1.85. The van der Waals surface area contributed by atoms with Crippen LogP contribution in [0.25, 0.3) is 0 Å². The summed E-state index contributed by atoms with van der Waals surface area (Å²) < 4.78 is 11.4. The third-order valence-electron chi connectivity index (χ3n) is 2.44. The Bertz CT molecular complexity index is 283. The lowest BCUT2D eigenvalue weighted by atomic mass is 10.1. The van der Waals surface area contributed by atoms with Gasteiger partial charge in [0.1, 0.15) is 12.7 Å². The maximum Gasteiger partial charge on any atom is 0.172 e. The molecule has 2 rings (SSSR count). The standard InChI is InChI=1S/C11H16O2S/c1-2-3-4-5-9-6-12-10-7-14-8-11(10)13-9/h7-9H,2-6H2,1H3. The molecular formula is C11H16O2S. The van der Waals surface area contributed by atoms with Crippen LogP contribution >= 0.6 is 11.3 Å². The molecule has 0 saturated carbocycles. The monoisotopic (exact) mass is 212 g/mol. The molecule has 1 unspecified atom stereocenters. The van der Waals surface area contributed by atoms with Gasteiger partial charge in [-0.25, -0.2) is 0 Å². The first-order valence-corrected chi connectivity index (χ1v) is 6.20. The lowest BCUT2D eigenvalue weighted by molar-refractivity contribution is 0.0843. The zero-order valence-electron chi connectivity index (χ0n) is 8.49. The molecule has 1 aliphatic heterocycles. The number of thiophene rings is 1. The molecule has 0 radical (unpaired) electrons. The molecule has 2 heterocycles. The van der Waals surface area contributed by atoms with Gasteiger partial charge < -0.3 is 9.47 Å². The van der Waals surface area contributed by atoms with Gasteiger partial charge in [-0.2, -0.15) is 0 Å². The van der Waals surface area contributed by atoms with Crippen molar-refractivity contribution in [1.29, 1.82) is 0 Å². The minimum absolute atomic E-state index is 0.267. The van der Waals surface area contributed by atoms with Crippen molar-refractivity contribution in [2.24, 2.45) is 0 Å². The average molecular weight is 212 g/mol. The van der Waals surface area contributed by atoms with Crippen LogP contribution in [0, 0.1) is 0 Å². The fourth-order valence-electron chi connectivity index (χ4n) is 1.63. The Morgan fingerprint density at radius 1 is 1.36 bits per heavy atom. The normalized spacial score (nSPS) is 19.6. The van der Waals surface area contributed by atoms with E-state index < -0.39 is 0 Å². The predicted molar refractivity (Wildman–Crippen MR) is 58.4 cm³/mol. The zero-order valence-corrected chi connectivity index (χ0v) is 9.31. The molecule has 2 nitrogen and oxygen atoms in total. The molecule has 14 heavy (non-hydrogen) atoms. The molecule has 1 aromatic rings. The third-order valence-corrected chi connectivity index (χ3v) is 3.14. The first kappa shape index (κ1) is 9.84. The van der Waals surface area contributed by atoms with Crippen LogP contribution in [0.2, 0.25) is 0 Å². The molecule has 0 bridgehead atoms. The zero-order chi connectivity index (χ0) is 9.80. The van der Waals surface area contributed by atoms with Crippen LogP contribution in [-0.4, -0.2) is 12.7 Å². The highest BCUT2D eigenvalue weighted by Gasteiger charge is 2.20. The summed E-state index contributed by atoms with van der Waals surface area (Å²) in [6.07, 6.45) is 5.17. The third kappa shape index (κ3) is 2.21. The molecule has 0 amide bonds. The molecule has 78 valence electrons. The molecule has 0 fully saturated rings. The van der Waals surface area contributed by atoms with Crippen LogP contribution < -0.4 is 9.47 Å². The lowest BCUT2D eigenvalue weighted by Gasteiger charge is -2.24. The van der Waals surface area contributed by atoms with E-state index in [0.717, 1.165) is 17.9 Å². The quantitative estimate of drug-likeness (QED) is 0.711.